The van der Waals surface area contributed by atoms with Gasteiger partial charge in [-0.05, 0) is 23.3 Å². The number of aliphatic carboxylic acids is 2. The molecule has 0 fully saturated rings. The van der Waals surface area contributed by atoms with Crippen LogP contribution in [0.5, 0.6) is 0 Å². The zero-order valence-corrected chi connectivity index (χ0v) is 19.2. The molecule has 0 spiro atoms. The molecule has 0 unspecified atom stereocenters. The van der Waals surface area contributed by atoms with Crippen LogP contribution in [-0.4, -0.2) is 58.2 Å². The van der Waals surface area contributed by atoms with E-state index in [1.54, 1.807) is 54.6 Å². The van der Waals surface area contributed by atoms with Crippen LogP contribution in [0, 0.1) is 0 Å². The van der Waals surface area contributed by atoms with E-state index in [2.05, 4.69) is 21.1 Å². The van der Waals surface area contributed by atoms with E-state index in [1.165, 1.54) is 6.21 Å². The number of carbonyl (C=O) groups is 5. The lowest BCUT2D eigenvalue weighted by atomic mass is 10.1. The lowest BCUT2D eigenvalue weighted by Gasteiger charge is -2.20. The predicted octanol–water partition coefficient (Wildman–Crippen LogP) is 0.470. The highest BCUT2D eigenvalue weighted by atomic mass is 16.4. The van der Waals surface area contributed by atoms with Gasteiger partial charge in [0.25, 0.3) is 0 Å². The average Bonchev–Trinajstić information content (AvgIpc) is 2.83. The van der Waals surface area contributed by atoms with Gasteiger partial charge in [-0.1, -0.05) is 42.5 Å². The van der Waals surface area contributed by atoms with Gasteiger partial charge in [-0.15, -0.1) is 0 Å². The van der Waals surface area contributed by atoms with Crippen molar-refractivity contribution < 1.29 is 34.2 Å². The van der Waals surface area contributed by atoms with Crippen molar-refractivity contribution in [2.75, 3.05) is 5.32 Å². The van der Waals surface area contributed by atoms with Gasteiger partial charge in [0.15, 0.2) is 0 Å². The molecule has 190 valence electrons. The Bertz CT molecular complexity index is 1100. The Morgan fingerprint density at radius 3 is 2.08 bits per heavy atom. The molecule has 36 heavy (non-hydrogen) atoms. The van der Waals surface area contributed by atoms with E-state index in [9.17, 15) is 29.1 Å². The summed E-state index contributed by atoms with van der Waals surface area (Å²) in [5.74, 6) is 0.219. The van der Waals surface area contributed by atoms with E-state index in [1.807, 2.05) is 0 Å². The first kappa shape index (κ1) is 27.5. The Kier molecular flexibility index (Phi) is 10.6. The molecular formula is C24H27N5O7. The summed E-state index contributed by atoms with van der Waals surface area (Å²) in [5, 5.41) is 29.1. The molecule has 2 aromatic rings. The summed E-state index contributed by atoms with van der Waals surface area (Å²) in [6.07, 6.45) is 0.0836. The Morgan fingerprint density at radius 2 is 1.50 bits per heavy atom. The summed E-state index contributed by atoms with van der Waals surface area (Å²) in [7, 11) is 0. The molecule has 0 aliphatic carbocycles. The number of nitrogens with zero attached hydrogens (tertiary/aromatic N) is 1. The lowest BCUT2D eigenvalue weighted by molar-refractivity contribution is -0.143. The number of carboxylic acid groups (broad SMARTS) is 2. The number of benzene rings is 2. The van der Waals surface area contributed by atoms with E-state index in [4.69, 9.17) is 10.9 Å². The number of hydrogen-bond acceptors (Lipinski definition) is 7. The van der Waals surface area contributed by atoms with Crippen LogP contribution < -0.4 is 21.8 Å². The van der Waals surface area contributed by atoms with Gasteiger partial charge in [0.1, 0.15) is 12.1 Å². The third-order valence-electron chi connectivity index (χ3n) is 4.92. The van der Waals surface area contributed by atoms with Crippen molar-refractivity contribution in [1.82, 2.24) is 10.6 Å². The fraction of sp³-hybridized carbons (Fsp3) is 0.250. The minimum atomic E-state index is -1.52. The largest absolute Gasteiger partial charge is 0.481 e. The van der Waals surface area contributed by atoms with Crippen LogP contribution in [0.1, 0.15) is 30.4 Å². The molecule has 0 aliphatic heterocycles. The molecule has 0 bridgehead atoms. The normalized spacial score (nSPS) is 12.3. The van der Waals surface area contributed by atoms with Crippen LogP contribution in [0.2, 0.25) is 0 Å². The number of carbonyl (C=O) groups excluding carboxylic acids is 3. The van der Waals surface area contributed by atoms with Crippen molar-refractivity contribution in [1.29, 1.82) is 0 Å². The number of carboxylic acids is 2. The molecule has 2 atom stereocenters. The second-order valence-electron chi connectivity index (χ2n) is 7.76. The fourth-order valence-electron chi connectivity index (χ4n) is 3.16. The smallest absolute Gasteiger partial charge is 0.326 e. The zero-order valence-electron chi connectivity index (χ0n) is 19.2. The Balaban J connectivity index is 1.92. The van der Waals surface area contributed by atoms with Gasteiger partial charge in [0.2, 0.25) is 17.7 Å². The highest BCUT2D eigenvalue weighted by Crippen LogP contribution is 2.09. The molecule has 2 aromatic carbocycles. The predicted molar refractivity (Wildman–Crippen MR) is 130 cm³/mol. The molecule has 0 saturated heterocycles. The fourth-order valence-corrected chi connectivity index (χ4v) is 3.16. The SMILES string of the molecule is NN=Cc1ccc(NC(=O)CCC(=O)N[C@@H](CC(=O)O)C(=O)N[C@@H](Cc2ccccc2)C(=O)O)cc1. The number of anilines is 1. The van der Waals surface area contributed by atoms with Gasteiger partial charge in [0.05, 0.1) is 12.6 Å². The minimum absolute atomic E-state index is 0.0319. The quantitative estimate of drug-likeness (QED) is 0.130. The number of hydrogen-bond donors (Lipinski definition) is 6. The zero-order chi connectivity index (χ0) is 26.5. The maximum absolute atomic E-state index is 12.6. The van der Waals surface area contributed by atoms with Crippen molar-refractivity contribution in [2.45, 2.75) is 37.8 Å². The van der Waals surface area contributed by atoms with Crippen molar-refractivity contribution in [3.63, 3.8) is 0 Å². The second kappa shape index (κ2) is 13.8. The van der Waals surface area contributed by atoms with Crippen molar-refractivity contribution in [3.05, 3.63) is 65.7 Å². The average molecular weight is 498 g/mol. The van der Waals surface area contributed by atoms with Crippen LogP contribution in [0.25, 0.3) is 0 Å². The molecule has 0 aliphatic rings. The molecule has 2 rings (SSSR count). The highest BCUT2D eigenvalue weighted by molar-refractivity contribution is 5.96. The van der Waals surface area contributed by atoms with E-state index in [0.29, 0.717) is 11.3 Å². The van der Waals surface area contributed by atoms with Gasteiger partial charge in [-0.25, -0.2) is 4.79 Å². The highest BCUT2D eigenvalue weighted by Gasteiger charge is 2.28. The van der Waals surface area contributed by atoms with Crippen LogP contribution in [0.3, 0.4) is 0 Å². The minimum Gasteiger partial charge on any atom is -0.481 e. The van der Waals surface area contributed by atoms with Gasteiger partial charge < -0.3 is 32.0 Å². The van der Waals surface area contributed by atoms with Gasteiger partial charge in [-0.2, -0.15) is 5.10 Å². The maximum Gasteiger partial charge on any atom is 0.326 e. The first-order valence-electron chi connectivity index (χ1n) is 10.9. The summed E-state index contributed by atoms with van der Waals surface area (Å²) < 4.78 is 0. The number of amides is 3. The molecule has 12 heteroatoms. The van der Waals surface area contributed by atoms with E-state index in [-0.39, 0.29) is 19.3 Å². The number of hydrazone groups is 1. The summed E-state index contributed by atoms with van der Waals surface area (Å²) in [5.41, 5.74) is 1.86. The Hall–Kier alpha value is -4.74. The number of nitrogens with one attached hydrogen (secondary N) is 3. The lowest BCUT2D eigenvalue weighted by Crippen LogP contribution is -2.53. The molecule has 0 radical (unpaired) electrons. The Labute approximate surface area is 206 Å². The second-order valence-corrected chi connectivity index (χ2v) is 7.76. The van der Waals surface area contributed by atoms with Crippen LogP contribution in [-0.2, 0) is 30.4 Å². The Morgan fingerprint density at radius 1 is 0.861 bits per heavy atom. The van der Waals surface area contributed by atoms with Crippen LogP contribution in [0.15, 0.2) is 59.7 Å². The molecule has 12 nitrogen and oxygen atoms in total. The molecule has 0 saturated carbocycles. The van der Waals surface area contributed by atoms with Gasteiger partial charge in [0, 0.05) is 24.9 Å². The molecule has 7 N–H and O–H groups in total. The third kappa shape index (κ3) is 9.63. The van der Waals surface area contributed by atoms with Gasteiger partial charge in [-0.3, -0.25) is 19.2 Å². The van der Waals surface area contributed by atoms with Crippen molar-refractivity contribution >= 4 is 41.6 Å². The number of nitrogens with two attached hydrogens (primary N) is 1. The summed E-state index contributed by atoms with van der Waals surface area (Å²) in [4.78, 5) is 59.9. The van der Waals surface area contributed by atoms with E-state index < -0.39 is 48.2 Å². The molecule has 0 aromatic heterocycles. The van der Waals surface area contributed by atoms with Crippen LogP contribution >= 0.6 is 0 Å². The molecule has 3 amide bonds. The number of rotatable bonds is 13. The summed E-state index contributed by atoms with van der Waals surface area (Å²) in [6.45, 7) is 0. The summed E-state index contributed by atoms with van der Waals surface area (Å²) in [6, 6.07) is 12.3. The van der Waals surface area contributed by atoms with Crippen LogP contribution in [0.4, 0.5) is 5.69 Å². The molecular weight excluding hydrogens is 470 g/mol. The monoisotopic (exact) mass is 497 g/mol. The van der Waals surface area contributed by atoms with Crippen molar-refractivity contribution in [3.8, 4) is 0 Å². The molecule has 0 heterocycles. The topological polar surface area (TPSA) is 200 Å². The van der Waals surface area contributed by atoms with E-state index >= 15 is 0 Å². The first-order chi connectivity index (χ1) is 17.2. The summed E-state index contributed by atoms with van der Waals surface area (Å²) >= 11 is 0. The third-order valence-corrected chi connectivity index (χ3v) is 4.92. The van der Waals surface area contributed by atoms with Crippen molar-refractivity contribution in [2.24, 2.45) is 10.9 Å². The van der Waals surface area contributed by atoms with E-state index in [0.717, 1.165) is 5.56 Å². The van der Waals surface area contributed by atoms with Gasteiger partial charge >= 0.3 is 11.9 Å². The maximum atomic E-state index is 12.6. The first-order valence-corrected chi connectivity index (χ1v) is 10.9. The standard InChI is InChI=1S/C24H27N5O7/c25-26-14-16-6-8-17(9-7-16)27-20(30)10-11-21(31)28-18(13-22(32)33)23(34)29-19(24(35)36)12-15-4-2-1-3-5-15/h1-9,14,18-19H,10-13,25H2,(H,27,30)(H,28,31)(H,29,34)(H,32,33)(H,35,36)/t18-,19-/m0/s1.